The van der Waals surface area contributed by atoms with Gasteiger partial charge in [-0.3, -0.25) is 0 Å². The number of aryl methyl sites for hydroxylation is 1. The van der Waals surface area contributed by atoms with Crippen molar-refractivity contribution in [2.45, 2.75) is 25.8 Å². The Labute approximate surface area is 135 Å². The van der Waals surface area contributed by atoms with E-state index >= 15 is 0 Å². The minimum Gasteiger partial charge on any atom is -0.366 e. The van der Waals surface area contributed by atoms with Gasteiger partial charge >= 0.3 is 0 Å². The smallest absolute Gasteiger partial charge is 0.0429 e. The monoisotopic (exact) mass is 344 g/mol. The highest BCUT2D eigenvalue weighted by molar-refractivity contribution is 9.10. The average molecular weight is 345 g/mol. The lowest BCUT2D eigenvalue weighted by Crippen LogP contribution is -2.22. The Kier molecular flexibility index (Phi) is 4.32. The van der Waals surface area contributed by atoms with Gasteiger partial charge in [0.05, 0.1) is 0 Å². The molecule has 0 radical (unpaired) electrons. The predicted octanol–water partition coefficient (Wildman–Crippen LogP) is 4.21. The standard InChI is InChI=1S/C18H21BrN2/c1-13-10-14(6-7-17(13)19)11-21-12-15(8-9-20)16-4-2-3-5-18(16)21/h2-7,10,15H,8-9,11-12,20H2,1H3. The second kappa shape index (κ2) is 6.20. The van der Waals surface area contributed by atoms with Gasteiger partial charge in [0.1, 0.15) is 0 Å². The third-order valence-electron chi connectivity index (χ3n) is 4.27. The first-order valence-electron chi connectivity index (χ1n) is 7.48. The molecule has 0 aromatic heterocycles. The lowest BCUT2D eigenvalue weighted by Gasteiger charge is -2.20. The van der Waals surface area contributed by atoms with Crippen LogP contribution in [0.5, 0.6) is 0 Å². The van der Waals surface area contributed by atoms with Gasteiger partial charge in [-0.1, -0.05) is 46.3 Å². The number of nitrogens with zero attached hydrogens (tertiary/aromatic N) is 1. The minimum absolute atomic E-state index is 0.572. The average Bonchev–Trinajstić information content (AvgIpc) is 2.82. The molecule has 2 N–H and O–H groups in total. The van der Waals surface area contributed by atoms with Crippen LogP contribution < -0.4 is 10.6 Å². The lowest BCUT2D eigenvalue weighted by molar-refractivity contribution is 0.644. The summed E-state index contributed by atoms with van der Waals surface area (Å²) >= 11 is 3.57. The first-order valence-corrected chi connectivity index (χ1v) is 8.27. The van der Waals surface area contributed by atoms with E-state index in [1.165, 1.54) is 26.9 Å². The molecule has 1 heterocycles. The molecular formula is C18H21BrN2. The van der Waals surface area contributed by atoms with Crippen LogP contribution in [0.3, 0.4) is 0 Å². The van der Waals surface area contributed by atoms with Crippen molar-refractivity contribution in [3.63, 3.8) is 0 Å². The van der Waals surface area contributed by atoms with Gasteiger partial charge in [-0.25, -0.2) is 0 Å². The number of halogens is 1. The summed E-state index contributed by atoms with van der Waals surface area (Å²) < 4.78 is 1.18. The normalized spacial score (nSPS) is 17.1. The fourth-order valence-corrected chi connectivity index (χ4v) is 3.45. The van der Waals surface area contributed by atoms with Gasteiger partial charge in [-0.05, 0) is 48.7 Å². The molecule has 1 atom stereocenters. The molecule has 0 aliphatic carbocycles. The van der Waals surface area contributed by atoms with E-state index in [0.717, 1.165) is 26.1 Å². The number of nitrogens with two attached hydrogens (primary N) is 1. The number of fused-ring (bicyclic) bond motifs is 1. The Bertz CT molecular complexity index is 639. The molecule has 1 aliphatic heterocycles. The van der Waals surface area contributed by atoms with Crippen LogP contribution >= 0.6 is 15.9 Å². The number of hydrogen-bond donors (Lipinski definition) is 1. The first kappa shape index (κ1) is 14.6. The molecule has 1 aliphatic rings. The SMILES string of the molecule is Cc1cc(CN2CC(CCN)c3ccccc32)ccc1Br. The zero-order chi connectivity index (χ0) is 14.8. The highest BCUT2D eigenvalue weighted by Crippen LogP contribution is 2.38. The Hall–Kier alpha value is -1.32. The third-order valence-corrected chi connectivity index (χ3v) is 5.16. The molecular weight excluding hydrogens is 324 g/mol. The van der Waals surface area contributed by atoms with Crippen LogP contribution in [0.15, 0.2) is 46.9 Å². The van der Waals surface area contributed by atoms with Crippen LogP contribution in [0.4, 0.5) is 5.69 Å². The fraction of sp³-hybridized carbons (Fsp3) is 0.333. The van der Waals surface area contributed by atoms with E-state index in [1.807, 2.05) is 0 Å². The summed E-state index contributed by atoms with van der Waals surface area (Å²) in [5, 5.41) is 0. The summed E-state index contributed by atoms with van der Waals surface area (Å²) in [7, 11) is 0. The molecule has 0 saturated carbocycles. The van der Waals surface area contributed by atoms with Crippen molar-refractivity contribution >= 4 is 21.6 Å². The molecule has 0 saturated heterocycles. The van der Waals surface area contributed by atoms with Crippen molar-refractivity contribution < 1.29 is 0 Å². The summed E-state index contributed by atoms with van der Waals surface area (Å²) in [6.45, 7) is 4.94. The van der Waals surface area contributed by atoms with Gasteiger partial charge < -0.3 is 10.6 Å². The van der Waals surface area contributed by atoms with Gasteiger partial charge in [0, 0.05) is 29.2 Å². The Morgan fingerprint density at radius 1 is 1.24 bits per heavy atom. The van der Waals surface area contributed by atoms with E-state index in [4.69, 9.17) is 5.73 Å². The van der Waals surface area contributed by atoms with Gasteiger partial charge in [0.2, 0.25) is 0 Å². The fourth-order valence-electron chi connectivity index (χ4n) is 3.21. The predicted molar refractivity (Wildman–Crippen MR) is 92.8 cm³/mol. The van der Waals surface area contributed by atoms with Crippen molar-refractivity contribution in [3.8, 4) is 0 Å². The van der Waals surface area contributed by atoms with Crippen LogP contribution in [0.25, 0.3) is 0 Å². The van der Waals surface area contributed by atoms with Crippen molar-refractivity contribution in [2.75, 3.05) is 18.0 Å². The largest absolute Gasteiger partial charge is 0.366 e. The van der Waals surface area contributed by atoms with Crippen LogP contribution in [0, 0.1) is 6.92 Å². The van der Waals surface area contributed by atoms with Crippen molar-refractivity contribution in [3.05, 3.63) is 63.6 Å². The molecule has 110 valence electrons. The summed E-state index contributed by atoms with van der Waals surface area (Å²) in [4.78, 5) is 2.48. The number of benzene rings is 2. The zero-order valence-corrected chi connectivity index (χ0v) is 13.9. The Morgan fingerprint density at radius 2 is 2.05 bits per heavy atom. The van der Waals surface area contributed by atoms with Crippen molar-refractivity contribution in [1.29, 1.82) is 0 Å². The van der Waals surface area contributed by atoms with E-state index in [0.29, 0.717) is 5.92 Å². The molecule has 0 amide bonds. The topological polar surface area (TPSA) is 29.3 Å². The summed E-state index contributed by atoms with van der Waals surface area (Å²) in [6.07, 6.45) is 1.06. The number of hydrogen-bond acceptors (Lipinski definition) is 2. The second-order valence-corrected chi connectivity index (χ2v) is 6.65. The quantitative estimate of drug-likeness (QED) is 0.899. The van der Waals surface area contributed by atoms with Crippen LogP contribution in [-0.4, -0.2) is 13.1 Å². The van der Waals surface area contributed by atoms with Gasteiger partial charge in [0.25, 0.3) is 0 Å². The second-order valence-electron chi connectivity index (χ2n) is 5.80. The molecule has 0 bridgehead atoms. The molecule has 21 heavy (non-hydrogen) atoms. The van der Waals surface area contributed by atoms with E-state index in [9.17, 15) is 0 Å². The van der Waals surface area contributed by atoms with E-state index in [2.05, 4.69) is 70.2 Å². The zero-order valence-electron chi connectivity index (χ0n) is 12.3. The molecule has 0 fully saturated rings. The van der Waals surface area contributed by atoms with E-state index in [-0.39, 0.29) is 0 Å². The maximum Gasteiger partial charge on any atom is 0.0429 e. The van der Waals surface area contributed by atoms with Crippen molar-refractivity contribution in [2.24, 2.45) is 5.73 Å². The highest BCUT2D eigenvalue weighted by Gasteiger charge is 2.27. The Balaban J connectivity index is 1.84. The van der Waals surface area contributed by atoms with Gasteiger partial charge in [-0.2, -0.15) is 0 Å². The van der Waals surface area contributed by atoms with Gasteiger partial charge in [-0.15, -0.1) is 0 Å². The number of rotatable bonds is 4. The Morgan fingerprint density at radius 3 is 2.81 bits per heavy atom. The van der Waals surface area contributed by atoms with Crippen LogP contribution in [0.2, 0.25) is 0 Å². The van der Waals surface area contributed by atoms with Crippen LogP contribution in [-0.2, 0) is 6.54 Å². The summed E-state index contributed by atoms with van der Waals surface area (Å²) in [5.74, 6) is 0.572. The van der Waals surface area contributed by atoms with Crippen LogP contribution in [0.1, 0.15) is 29.0 Å². The lowest BCUT2D eigenvalue weighted by atomic mass is 9.98. The first-order chi connectivity index (χ1) is 10.2. The van der Waals surface area contributed by atoms with Gasteiger partial charge in [0.15, 0.2) is 0 Å². The maximum absolute atomic E-state index is 5.78. The van der Waals surface area contributed by atoms with E-state index in [1.54, 1.807) is 0 Å². The minimum atomic E-state index is 0.572. The van der Waals surface area contributed by atoms with Crippen molar-refractivity contribution in [1.82, 2.24) is 0 Å². The highest BCUT2D eigenvalue weighted by atomic mass is 79.9. The number of anilines is 1. The third kappa shape index (κ3) is 2.99. The molecule has 2 aromatic rings. The summed E-state index contributed by atoms with van der Waals surface area (Å²) in [6, 6.07) is 15.4. The summed E-state index contributed by atoms with van der Waals surface area (Å²) in [5.41, 5.74) is 11.3. The molecule has 1 unspecified atom stereocenters. The number of para-hydroxylation sites is 1. The molecule has 2 aromatic carbocycles. The molecule has 0 spiro atoms. The molecule has 3 rings (SSSR count). The molecule has 2 nitrogen and oxygen atoms in total. The van der Waals surface area contributed by atoms with E-state index < -0.39 is 0 Å². The molecule has 3 heteroatoms. The maximum atomic E-state index is 5.78.